The molecule has 1 saturated heterocycles. The maximum Gasteiger partial charge on any atom is 0.308 e. The zero-order valence-electron chi connectivity index (χ0n) is 11.2. The molecule has 0 radical (unpaired) electrons. The van der Waals surface area contributed by atoms with Gasteiger partial charge in [0.1, 0.15) is 22.3 Å². The Kier molecular flexibility index (Phi) is 3.98. The maximum atomic E-state index is 13.5. The minimum Gasteiger partial charge on any atom is -0.481 e. The summed E-state index contributed by atoms with van der Waals surface area (Å²) in [6.07, 6.45) is 0. The van der Waals surface area contributed by atoms with Crippen molar-refractivity contribution in [1.29, 1.82) is 5.26 Å². The summed E-state index contributed by atoms with van der Waals surface area (Å²) >= 11 is 0. The van der Waals surface area contributed by atoms with Gasteiger partial charge >= 0.3 is 5.97 Å². The topological polar surface area (TPSA) is 98.5 Å². The molecule has 1 heterocycles. The monoisotopic (exact) mass is 312 g/mol. The van der Waals surface area contributed by atoms with Gasteiger partial charge in [0.25, 0.3) is 0 Å². The van der Waals surface area contributed by atoms with Crippen LogP contribution < -0.4 is 0 Å². The Morgan fingerprint density at radius 2 is 2.14 bits per heavy atom. The number of carboxylic acid groups (broad SMARTS) is 1. The zero-order valence-corrected chi connectivity index (χ0v) is 12.0. The number of hydrogen-bond acceptors (Lipinski definition) is 4. The van der Waals surface area contributed by atoms with Crippen molar-refractivity contribution in [2.45, 2.75) is 11.8 Å². The Labute approximate surface area is 121 Å². The van der Waals surface area contributed by atoms with Crippen LogP contribution in [0, 0.1) is 29.0 Å². The molecule has 1 aromatic carbocycles. The first kappa shape index (κ1) is 15.4. The molecular weight excluding hydrogens is 299 g/mol. The smallest absolute Gasteiger partial charge is 0.308 e. The van der Waals surface area contributed by atoms with E-state index in [1.165, 1.54) is 6.07 Å². The molecule has 0 saturated carbocycles. The van der Waals surface area contributed by atoms with Crippen molar-refractivity contribution < 1.29 is 22.7 Å². The molecule has 112 valence electrons. The minimum absolute atomic E-state index is 0.0285. The van der Waals surface area contributed by atoms with E-state index in [4.69, 9.17) is 10.4 Å². The van der Waals surface area contributed by atoms with Crippen LogP contribution in [0.4, 0.5) is 4.39 Å². The molecule has 0 amide bonds. The summed E-state index contributed by atoms with van der Waals surface area (Å²) in [6.45, 7) is 1.49. The van der Waals surface area contributed by atoms with E-state index in [-0.39, 0.29) is 19.0 Å². The molecule has 2 rings (SSSR count). The van der Waals surface area contributed by atoms with Gasteiger partial charge in [-0.2, -0.15) is 9.57 Å². The normalized spacial score (nSPS) is 22.9. The molecule has 1 aliphatic heterocycles. The first-order valence-corrected chi connectivity index (χ1v) is 7.64. The second-order valence-corrected chi connectivity index (χ2v) is 6.88. The Morgan fingerprint density at radius 3 is 2.67 bits per heavy atom. The van der Waals surface area contributed by atoms with Crippen molar-refractivity contribution >= 4 is 16.0 Å². The molecule has 1 fully saturated rings. The number of carbonyl (C=O) groups is 1. The number of benzene rings is 1. The van der Waals surface area contributed by atoms with E-state index in [0.29, 0.717) is 0 Å². The lowest BCUT2D eigenvalue weighted by Crippen LogP contribution is -2.30. The van der Waals surface area contributed by atoms with E-state index in [1.807, 2.05) is 0 Å². The number of nitrogens with zero attached hydrogens (tertiary/aromatic N) is 2. The number of carboxylic acids is 1. The SMILES string of the molecule is CC1CN(S(=O)(=O)c2cccc(F)c2C#N)CC1C(=O)O. The molecule has 8 heteroatoms. The first-order valence-electron chi connectivity index (χ1n) is 6.20. The summed E-state index contributed by atoms with van der Waals surface area (Å²) in [5, 5.41) is 18.0. The van der Waals surface area contributed by atoms with E-state index in [9.17, 15) is 17.6 Å². The molecular formula is C13H13FN2O4S. The number of rotatable bonds is 3. The van der Waals surface area contributed by atoms with Gasteiger partial charge in [0.05, 0.1) is 5.92 Å². The van der Waals surface area contributed by atoms with Gasteiger partial charge < -0.3 is 5.11 Å². The van der Waals surface area contributed by atoms with Gasteiger partial charge in [-0.05, 0) is 18.1 Å². The van der Waals surface area contributed by atoms with Crippen LogP contribution in [-0.4, -0.2) is 36.9 Å². The van der Waals surface area contributed by atoms with Gasteiger partial charge in [-0.1, -0.05) is 13.0 Å². The van der Waals surface area contributed by atoms with Crippen molar-refractivity contribution in [2.24, 2.45) is 11.8 Å². The lowest BCUT2D eigenvalue weighted by molar-refractivity contribution is -0.142. The van der Waals surface area contributed by atoms with Crippen LogP contribution in [-0.2, 0) is 14.8 Å². The van der Waals surface area contributed by atoms with Gasteiger partial charge in [0, 0.05) is 13.1 Å². The Morgan fingerprint density at radius 1 is 1.48 bits per heavy atom. The predicted octanol–water partition coefficient (Wildman–Crippen LogP) is 1.04. The van der Waals surface area contributed by atoms with Crippen molar-refractivity contribution in [3.05, 3.63) is 29.6 Å². The molecule has 1 aromatic rings. The summed E-state index contributed by atoms with van der Waals surface area (Å²) < 4.78 is 39.5. The highest BCUT2D eigenvalue weighted by Gasteiger charge is 2.41. The van der Waals surface area contributed by atoms with Crippen LogP contribution in [0.1, 0.15) is 12.5 Å². The minimum atomic E-state index is -4.10. The van der Waals surface area contributed by atoms with Crippen molar-refractivity contribution in [3.8, 4) is 6.07 Å². The predicted molar refractivity (Wildman–Crippen MR) is 70.2 cm³/mol. The summed E-state index contributed by atoms with van der Waals surface area (Å²) in [4.78, 5) is 10.6. The van der Waals surface area contributed by atoms with Crippen molar-refractivity contribution in [2.75, 3.05) is 13.1 Å². The summed E-state index contributed by atoms with van der Waals surface area (Å²) in [5.41, 5.74) is -0.552. The number of sulfonamides is 1. The third kappa shape index (κ3) is 2.62. The van der Waals surface area contributed by atoms with E-state index >= 15 is 0 Å². The standard InChI is InChI=1S/C13H13FN2O4S/c1-8-6-16(7-10(8)13(17)18)21(19,20)12-4-2-3-11(14)9(12)5-15/h2-4,8,10H,6-7H2,1H3,(H,17,18). The second kappa shape index (κ2) is 5.42. The average molecular weight is 312 g/mol. The number of halogens is 1. The second-order valence-electron chi connectivity index (χ2n) is 4.97. The zero-order chi connectivity index (χ0) is 15.8. The fourth-order valence-electron chi connectivity index (χ4n) is 2.41. The third-order valence-corrected chi connectivity index (χ3v) is 5.48. The van der Waals surface area contributed by atoms with E-state index in [0.717, 1.165) is 16.4 Å². The largest absolute Gasteiger partial charge is 0.481 e. The van der Waals surface area contributed by atoms with E-state index < -0.39 is 38.2 Å². The number of nitriles is 1. The van der Waals surface area contributed by atoms with Crippen LogP contribution in [0.3, 0.4) is 0 Å². The molecule has 1 aliphatic rings. The van der Waals surface area contributed by atoms with Gasteiger partial charge in [0.2, 0.25) is 10.0 Å². The Bertz CT molecular complexity index is 726. The molecule has 6 nitrogen and oxygen atoms in total. The number of aliphatic carboxylic acids is 1. The highest BCUT2D eigenvalue weighted by molar-refractivity contribution is 7.89. The molecule has 21 heavy (non-hydrogen) atoms. The fraction of sp³-hybridized carbons (Fsp3) is 0.385. The number of hydrogen-bond donors (Lipinski definition) is 1. The lowest BCUT2D eigenvalue weighted by atomic mass is 9.99. The van der Waals surface area contributed by atoms with Crippen LogP contribution >= 0.6 is 0 Å². The first-order chi connectivity index (χ1) is 9.78. The molecule has 1 N–H and O–H groups in total. The van der Waals surface area contributed by atoms with Crippen LogP contribution in [0.25, 0.3) is 0 Å². The molecule has 2 atom stereocenters. The van der Waals surface area contributed by atoms with Crippen LogP contribution in [0.15, 0.2) is 23.1 Å². The Hall–Kier alpha value is -1.98. The maximum absolute atomic E-state index is 13.5. The third-order valence-electron chi connectivity index (χ3n) is 3.60. The highest BCUT2D eigenvalue weighted by Crippen LogP contribution is 2.30. The highest BCUT2D eigenvalue weighted by atomic mass is 32.2. The molecule has 2 unspecified atom stereocenters. The van der Waals surface area contributed by atoms with E-state index in [1.54, 1.807) is 13.0 Å². The Balaban J connectivity index is 2.44. The van der Waals surface area contributed by atoms with Crippen LogP contribution in [0.5, 0.6) is 0 Å². The van der Waals surface area contributed by atoms with Gasteiger partial charge in [-0.15, -0.1) is 0 Å². The van der Waals surface area contributed by atoms with E-state index in [2.05, 4.69) is 0 Å². The molecule has 0 spiro atoms. The fourth-order valence-corrected chi connectivity index (χ4v) is 4.12. The van der Waals surface area contributed by atoms with Gasteiger partial charge in [-0.25, -0.2) is 12.8 Å². The summed E-state index contributed by atoms with van der Waals surface area (Å²) in [6, 6.07) is 4.90. The summed E-state index contributed by atoms with van der Waals surface area (Å²) in [5.74, 6) is -3.14. The lowest BCUT2D eigenvalue weighted by Gasteiger charge is -2.17. The van der Waals surface area contributed by atoms with Gasteiger partial charge in [0.15, 0.2) is 0 Å². The molecule has 0 aromatic heterocycles. The molecule has 0 aliphatic carbocycles. The van der Waals surface area contributed by atoms with Crippen LogP contribution in [0.2, 0.25) is 0 Å². The summed E-state index contributed by atoms with van der Waals surface area (Å²) in [7, 11) is -4.10. The van der Waals surface area contributed by atoms with Gasteiger partial charge in [-0.3, -0.25) is 4.79 Å². The van der Waals surface area contributed by atoms with Crippen molar-refractivity contribution in [3.63, 3.8) is 0 Å². The van der Waals surface area contributed by atoms with Crippen molar-refractivity contribution in [1.82, 2.24) is 4.31 Å². The molecule has 0 bridgehead atoms. The quantitative estimate of drug-likeness (QED) is 0.899. The average Bonchev–Trinajstić information content (AvgIpc) is 2.81.